The predicted molar refractivity (Wildman–Crippen MR) is 56.5 cm³/mol. The largest absolute Gasteiger partial charge is 0.367 e. The Kier molecular flexibility index (Phi) is 2.25. The van der Waals surface area contributed by atoms with Crippen molar-refractivity contribution >= 4 is 12.2 Å². The molecule has 2 N–H and O–H groups in total. The van der Waals surface area contributed by atoms with Crippen LogP contribution in [-0.2, 0) is 0 Å². The molecule has 0 saturated heterocycles. The maximum absolute atomic E-state index is 10.9. The number of nitrogens with two attached hydrogens (primary N) is 1. The number of carbonyl (C=O) groups is 1. The fourth-order valence-electron chi connectivity index (χ4n) is 1.48. The molecule has 1 heterocycles. The number of nitrogens with zero attached hydrogens (tertiary/aromatic N) is 1. The average molecular weight is 202 g/mol. The van der Waals surface area contributed by atoms with E-state index in [0.717, 1.165) is 17.4 Å². The quantitative estimate of drug-likeness (QED) is 0.756. The van der Waals surface area contributed by atoms with Gasteiger partial charge in [-0.3, -0.25) is 4.79 Å². The van der Waals surface area contributed by atoms with Crippen LogP contribution in [0.1, 0.15) is 15.9 Å². The topological polar surface area (TPSA) is 69.1 Å². The van der Waals surface area contributed by atoms with Gasteiger partial charge in [-0.05, 0) is 18.6 Å². The molecule has 2 aromatic rings. The summed E-state index contributed by atoms with van der Waals surface area (Å²) in [6, 6.07) is 5.55. The molecule has 0 bridgehead atoms. The Balaban J connectivity index is 2.63. The van der Waals surface area contributed by atoms with Gasteiger partial charge in [0.15, 0.2) is 6.29 Å². The smallest absolute Gasteiger partial charge is 0.229 e. The maximum Gasteiger partial charge on any atom is 0.229 e. The monoisotopic (exact) mass is 202 g/mol. The maximum atomic E-state index is 10.9. The number of anilines is 1. The van der Waals surface area contributed by atoms with Gasteiger partial charge in [-0.2, -0.15) is 0 Å². The molecule has 0 fully saturated rings. The first-order chi connectivity index (χ1) is 7.22. The molecular formula is C11H10N2O2. The van der Waals surface area contributed by atoms with Crippen LogP contribution in [0.3, 0.4) is 0 Å². The van der Waals surface area contributed by atoms with Crippen LogP contribution in [-0.4, -0.2) is 11.4 Å². The lowest BCUT2D eigenvalue weighted by molar-refractivity contribution is 0.112. The second-order valence-corrected chi connectivity index (χ2v) is 3.31. The molecular weight excluding hydrogens is 192 g/mol. The number of nitrogen functional groups attached to an aromatic ring is 1. The number of carbonyl (C=O) groups excluding carboxylic acids is 1. The fourth-order valence-corrected chi connectivity index (χ4v) is 1.48. The summed E-state index contributed by atoms with van der Waals surface area (Å²) in [5, 5.41) is 3.58. The third kappa shape index (κ3) is 1.61. The van der Waals surface area contributed by atoms with E-state index in [9.17, 15) is 4.79 Å². The van der Waals surface area contributed by atoms with Gasteiger partial charge < -0.3 is 10.3 Å². The van der Waals surface area contributed by atoms with Gasteiger partial charge in [0, 0.05) is 5.56 Å². The Labute approximate surface area is 86.7 Å². The number of aromatic nitrogens is 1. The molecule has 15 heavy (non-hydrogen) atoms. The number of aldehydes is 1. The van der Waals surface area contributed by atoms with Crippen molar-refractivity contribution in [1.82, 2.24) is 5.16 Å². The Morgan fingerprint density at radius 2 is 2.20 bits per heavy atom. The fraction of sp³-hybridized carbons (Fsp3) is 0.0909. The normalized spacial score (nSPS) is 10.2. The molecule has 4 nitrogen and oxygen atoms in total. The van der Waals surface area contributed by atoms with Crippen LogP contribution in [0.25, 0.3) is 11.1 Å². The van der Waals surface area contributed by atoms with E-state index in [1.54, 1.807) is 6.07 Å². The highest BCUT2D eigenvalue weighted by Gasteiger charge is 2.11. The van der Waals surface area contributed by atoms with Gasteiger partial charge in [0.1, 0.15) is 0 Å². The molecule has 0 aliphatic rings. The molecule has 0 saturated carbocycles. The van der Waals surface area contributed by atoms with Gasteiger partial charge in [0.2, 0.25) is 5.88 Å². The Bertz CT molecular complexity index is 503. The molecule has 0 aliphatic carbocycles. The standard InChI is InChI=1S/C11H10N2O2/c1-7-2-3-9(8(4-7)6-14)10-5-13-15-11(10)12/h2-6H,12H2,1H3. The molecule has 0 amide bonds. The molecule has 0 radical (unpaired) electrons. The number of hydrogen-bond acceptors (Lipinski definition) is 4. The van der Waals surface area contributed by atoms with Crippen LogP contribution in [0.2, 0.25) is 0 Å². The van der Waals surface area contributed by atoms with Crippen molar-refractivity contribution in [3.8, 4) is 11.1 Å². The molecule has 76 valence electrons. The van der Waals surface area contributed by atoms with E-state index in [1.807, 2.05) is 19.1 Å². The molecule has 2 rings (SSSR count). The summed E-state index contributed by atoms with van der Waals surface area (Å²) in [5.41, 5.74) is 8.60. The number of rotatable bonds is 2. The third-order valence-electron chi connectivity index (χ3n) is 2.22. The van der Waals surface area contributed by atoms with Crippen LogP contribution in [0.15, 0.2) is 28.9 Å². The second-order valence-electron chi connectivity index (χ2n) is 3.31. The van der Waals surface area contributed by atoms with E-state index in [4.69, 9.17) is 10.3 Å². The molecule has 0 spiro atoms. The van der Waals surface area contributed by atoms with Crippen LogP contribution >= 0.6 is 0 Å². The summed E-state index contributed by atoms with van der Waals surface area (Å²) in [7, 11) is 0. The lowest BCUT2D eigenvalue weighted by Gasteiger charge is -2.03. The lowest BCUT2D eigenvalue weighted by Crippen LogP contribution is -1.91. The van der Waals surface area contributed by atoms with Gasteiger partial charge in [-0.25, -0.2) is 0 Å². The van der Waals surface area contributed by atoms with Gasteiger partial charge in [-0.1, -0.05) is 22.9 Å². The van der Waals surface area contributed by atoms with E-state index in [2.05, 4.69) is 5.16 Å². The van der Waals surface area contributed by atoms with E-state index >= 15 is 0 Å². The molecule has 0 unspecified atom stereocenters. The molecule has 0 atom stereocenters. The van der Waals surface area contributed by atoms with E-state index in [0.29, 0.717) is 11.1 Å². The molecule has 0 aliphatic heterocycles. The highest BCUT2D eigenvalue weighted by Crippen LogP contribution is 2.28. The van der Waals surface area contributed by atoms with Crippen molar-refractivity contribution in [2.24, 2.45) is 0 Å². The van der Waals surface area contributed by atoms with Gasteiger partial charge >= 0.3 is 0 Å². The predicted octanol–water partition coefficient (Wildman–Crippen LogP) is 2.04. The van der Waals surface area contributed by atoms with Crippen molar-refractivity contribution in [2.45, 2.75) is 6.92 Å². The van der Waals surface area contributed by atoms with Crippen LogP contribution in [0.5, 0.6) is 0 Å². The lowest BCUT2D eigenvalue weighted by atomic mass is 10.0. The zero-order chi connectivity index (χ0) is 10.8. The van der Waals surface area contributed by atoms with Crippen molar-refractivity contribution < 1.29 is 9.32 Å². The molecule has 4 heteroatoms. The third-order valence-corrected chi connectivity index (χ3v) is 2.22. The van der Waals surface area contributed by atoms with Gasteiger partial charge in [0.25, 0.3) is 0 Å². The van der Waals surface area contributed by atoms with Gasteiger partial charge in [-0.15, -0.1) is 0 Å². The molecule has 1 aromatic carbocycles. The van der Waals surface area contributed by atoms with Crippen molar-refractivity contribution in [3.63, 3.8) is 0 Å². The number of aryl methyl sites for hydroxylation is 1. The van der Waals surface area contributed by atoms with Crippen molar-refractivity contribution in [1.29, 1.82) is 0 Å². The average Bonchev–Trinajstić information content (AvgIpc) is 2.64. The second kappa shape index (κ2) is 3.57. The minimum absolute atomic E-state index is 0.224. The highest BCUT2D eigenvalue weighted by atomic mass is 16.5. The first-order valence-corrected chi connectivity index (χ1v) is 4.48. The minimum atomic E-state index is 0.224. The SMILES string of the molecule is Cc1ccc(-c2cnoc2N)c(C=O)c1. The summed E-state index contributed by atoms with van der Waals surface area (Å²) >= 11 is 0. The first kappa shape index (κ1) is 9.45. The Morgan fingerprint density at radius 3 is 2.80 bits per heavy atom. The Morgan fingerprint density at radius 1 is 1.40 bits per heavy atom. The molecule has 1 aromatic heterocycles. The minimum Gasteiger partial charge on any atom is -0.367 e. The van der Waals surface area contributed by atoms with E-state index in [1.165, 1.54) is 6.20 Å². The zero-order valence-corrected chi connectivity index (χ0v) is 8.23. The van der Waals surface area contributed by atoms with Crippen LogP contribution in [0.4, 0.5) is 5.88 Å². The Hall–Kier alpha value is -2.10. The highest BCUT2D eigenvalue weighted by molar-refractivity contribution is 5.90. The summed E-state index contributed by atoms with van der Waals surface area (Å²) in [6.45, 7) is 1.92. The summed E-state index contributed by atoms with van der Waals surface area (Å²) in [6.07, 6.45) is 2.31. The van der Waals surface area contributed by atoms with Crippen molar-refractivity contribution in [2.75, 3.05) is 5.73 Å². The summed E-state index contributed by atoms with van der Waals surface area (Å²) in [4.78, 5) is 10.9. The number of hydrogen-bond donors (Lipinski definition) is 1. The summed E-state index contributed by atoms with van der Waals surface area (Å²) < 4.78 is 4.76. The summed E-state index contributed by atoms with van der Waals surface area (Å²) in [5.74, 6) is 0.224. The van der Waals surface area contributed by atoms with Gasteiger partial charge in [0.05, 0.1) is 11.8 Å². The number of benzene rings is 1. The van der Waals surface area contributed by atoms with Crippen LogP contribution < -0.4 is 5.73 Å². The van der Waals surface area contributed by atoms with Crippen LogP contribution in [0, 0.1) is 6.92 Å². The zero-order valence-electron chi connectivity index (χ0n) is 8.23. The van der Waals surface area contributed by atoms with Crippen molar-refractivity contribution in [3.05, 3.63) is 35.5 Å². The van der Waals surface area contributed by atoms with E-state index < -0.39 is 0 Å². The first-order valence-electron chi connectivity index (χ1n) is 4.48. The van der Waals surface area contributed by atoms with E-state index in [-0.39, 0.29) is 5.88 Å².